The fraction of sp³-hybridized carbons (Fsp3) is 1.00. The van der Waals surface area contributed by atoms with E-state index in [1.807, 2.05) is 0 Å². The molecule has 0 saturated heterocycles. The van der Waals surface area contributed by atoms with Crippen molar-refractivity contribution in [3.8, 4) is 0 Å². The molecule has 5 unspecified atom stereocenters. The van der Waals surface area contributed by atoms with Gasteiger partial charge in [0.05, 0.1) is 0 Å². The van der Waals surface area contributed by atoms with E-state index in [4.69, 9.17) is 5.73 Å². The number of halogens is 1. The van der Waals surface area contributed by atoms with Crippen LogP contribution in [0, 0.1) is 47.3 Å². The van der Waals surface area contributed by atoms with Gasteiger partial charge in [0.25, 0.3) is 0 Å². The van der Waals surface area contributed by atoms with Crippen LogP contribution in [-0.4, -0.2) is 6.04 Å². The molecule has 0 aliphatic heterocycles. The van der Waals surface area contributed by atoms with Gasteiger partial charge in [0.2, 0.25) is 0 Å². The lowest BCUT2D eigenvalue weighted by molar-refractivity contribution is -0.211. The highest BCUT2D eigenvalue weighted by Gasteiger charge is 2.65. The Balaban J connectivity index is 0.000000722. The molecule has 16 heavy (non-hydrogen) atoms. The SMILES string of the molecule is Cl.NC1C2CC3C4CC5CC3C1C(C5)C4C2. The maximum atomic E-state index is 6.52. The van der Waals surface area contributed by atoms with E-state index >= 15 is 0 Å². The number of hydrogen-bond acceptors (Lipinski definition) is 1. The normalized spacial score (nSPS) is 68.4. The molecule has 0 heterocycles. The minimum absolute atomic E-state index is 0. The molecule has 0 aromatic heterocycles. The van der Waals surface area contributed by atoms with E-state index in [-0.39, 0.29) is 12.4 Å². The molecule has 2 N–H and O–H groups in total. The van der Waals surface area contributed by atoms with Gasteiger partial charge < -0.3 is 5.73 Å². The van der Waals surface area contributed by atoms with Crippen molar-refractivity contribution in [3.63, 3.8) is 0 Å². The van der Waals surface area contributed by atoms with Crippen molar-refractivity contribution in [1.29, 1.82) is 0 Å². The van der Waals surface area contributed by atoms with Gasteiger partial charge in [-0.05, 0) is 79.4 Å². The molecular weight excluding hydrogens is 218 g/mol. The van der Waals surface area contributed by atoms with E-state index in [1.54, 1.807) is 19.3 Å². The third kappa shape index (κ3) is 0.916. The number of rotatable bonds is 0. The monoisotopic (exact) mass is 239 g/mol. The second-order valence-corrected chi connectivity index (χ2v) is 7.28. The second-order valence-electron chi connectivity index (χ2n) is 7.28. The average Bonchev–Trinajstić information content (AvgIpc) is 2.26. The summed E-state index contributed by atoms with van der Waals surface area (Å²) in [6.45, 7) is 0. The lowest BCUT2D eigenvalue weighted by Crippen LogP contribution is -2.68. The van der Waals surface area contributed by atoms with E-state index in [0.717, 1.165) is 47.3 Å². The standard InChI is InChI=1S/C14H21N.ClH/c15-14-7-4-9-8-1-6-2-11(9)13(14)12(3-6)10(8)5-7;/h6-14H,1-5,15H2;1H. The van der Waals surface area contributed by atoms with Crippen LogP contribution in [0.2, 0.25) is 0 Å². The fourth-order valence-electron chi connectivity index (χ4n) is 6.99. The van der Waals surface area contributed by atoms with Gasteiger partial charge in [-0.3, -0.25) is 0 Å². The van der Waals surface area contributed by atoms with Crippen molar-refractivity contribution >= 4 is 12.4 Å². The van der Waals surface area contributed by atoms with Crippen molar-refractivity contribution in [2.75, 3.05) is 0 Å². The molecule has 0 amide bonds. The Morgan fingerprint density at radius 1 is 0.688 bits per heavy atom. The van der Waals surface area contributed by atoms with Crippen LogP contribution < -0.4 is 5.73 Å². The topological polar surface area (TPSA) is 26.0 Å². The van der Waals surface area contributed by atoms with Crippen molar-refractivity contribution in [1.82, 2.24) is 0 Å². The molecule has 2 heteroatoms. The summed E-state index contributed by atoms with van der Waals surface area (Å²) in [5.74, 6) is 8.61. The molecule has 7 rings (SSSR count). The molecule has 1 nitrogen and oxygen atoms in total. The third-order valence-electron chi connectivity index (χ3n) is 7.14. The van der Waals surface area contributed by atoms with Crippen LogP contribution in [0.4, 0.5) is 0 Å². The van der Waals surface area contributed by atoms with E-state index < -0.39 is 0 Å². The zero-order chi connectivity index (χ0) is 9.73. The highest BCUT2D eigenvalue weighted by atomic mass is 35.5. The Hall–Kier alpha value is 0.250. The van der Waals surface area contributed by atoms with Gasteiger partial charge in [-0.2, -0.15) is 0 Å². The van der Waals surface area contributed by atoms with Gasteiger partial charge in [0, 0.05) is 6.04 Å². The second kappa shape index (κ2) is 2.98. The van der Waals surface area contributed by atoms with Crippen LogP contribution in [0.3, 0.4) is 0 Å². The summed E-state index contributed by atoms with van der Waals surface area (Å²) >= 11 is 0. The summed E-state index contributed by atoms with van der Waals surface area (Å²) in [5.41, 5.74) is 6.52. The molecule has 90 valence electrons. The molecule has 8 bridgehead atoms. The van der Waals surface area contributed by atoms with E-state index in [0.29, 0.717) is 6.04 Å². The van der Waals surface area contributed by atoms with E-state index in [1.165, 1.54) is 12.8 Å². The van der Waals surface area contributed by atoms with Crippen molar-refractivity contribution in [2.24, 2.45) is 53.1 Å². The van der Waals surface area contributed by atoms with Gasteiger partial charge in [0.1, 0.15) is 0 Å². The first-order chi connectivity index (χ1) is 7.33. The molecule has 0 radical (unpaired) electrons. The Kier molecular flexibility index (Phi) is 1.90. The summed E-state index contributed by atoms with van der Waals surface area (Å²) in [7, 11) is 0. The maximum Gasteiger partial charge on any atom is 0.0101 e. The molecule has 7 fully saturated rings. The van der Waals surface area contributed by atoms with E-state index in [9.17, 15) is 0 Å². The summed E-state index contributed by atoms with van der Waals surface area (Å²) in [4.78, 5) is 0. The molecule has 7 saturated carbocycles. The highest BCUT2D eigenvalue weighted by molar-refractivity contribution is 5.85. The summed E-state index contributed by atoms with van der Waals surface area (Å²) in [6, 6.07) is 0.604. The van der Waals surface area contributed by atoms with Gasteiger partial charge in [0.15, 0.2) is 0 Å². The summed E-state index contributed by atoms with van der Waals surface area (Å²) in [5, 5.41) is 0. The molecule has 7 aliphatic carbocycles. The first-order valence-electron chi connectivity index (χ1n) is 7.08. The largest absolute Gasteiger partial charge is 0.327 e. The Labute approximate surface area is 104 Å². The Morgan fingerprint density at radius 3 is 1.81 bits per heavy atom. The lowest BCUT2D eigenvalue weighted by atomic mass is 9.35. The van der Waals surface area contributed by atoms with Crippen molar-refractivity contribution in [3.05, 3.63) is 0 Å². The molecule has 0 aromatic rings. The molecular formula is C14H22ClN. The number of hydrogen-bond donors (Lipinski definition) is 1. The summed E-state index contributed by atoms with van der Waals surface area (Å²) in [6.07, 6.45) is 7.77. The third-order valence-corrected chi connectivity index (χ3v) is 7.14. The van der Waals surface area contributed by atoms with Crippen LogP contribution in [0.5, 0.6) is 0 Å². The highest BCUT2D eigenvalue weighted by Crippen LogP contribution is 2.70. The van der Waals surface area contributed by atoms with Crippen LogP contribution >= 0.6 is 12.4 Å². The maximum absolute atomic E-state index is 6.52. The van der Waals surface area contributed by atoms with Gasteiger partial charge in [-0.15, -0.1) is 12.4 Å². The Morgan fingerprint density at radius 2 is 1.19 bits per heavy atom. The minimum atomic E-state index is 0. The number of nitrogens with two attached hydrogens (primary N) is 1. The predicted octanol–water partition coefficient (Wildman–Crippen LogP) is 2.68. The zero-order valence-electron chi connectivity index (χ0n) is 9.72. The zero-order valence-corrected chi connectivity index (χ0v) is 10.5. The van der Waals surface area contributed by atoms with Gasteiger partial charge in [-0.25, -0.2) is 0 Å². The van der Waals surface area contributed by atoms with Crippen LogP contribution in [-0.2, 0) is 0 Å². The van der Waals surface area contributed by atoms with Crippen LogP contribution in [0.25, 0.3) is 0 Å². The van der Waals surface area contributed by atoms with E-state index in [2.05, 4.69) is 0 Å². The average molecular weight is 240 g/mol. The fourth-order valence-corrected chi connectivity index (χ4v) is 6.99. The van der Waals surface area contributed by atoms with Crippen molar-refractivity contribution in [2.45, 2.75) is 38.1 Å². The van der Waals surface area contributed by atoms with Crippen molar-refractivity contribution < 1.29 is 0 Å². The first-order valence-corrected chi connectivity index (χ1v) is 7.08. The Bertz CT molecular complexity index is 307. The summed E-state index contributed by atoms with van der Waals surface area (Å²) < 4.78 is 0. The van der Waals surface area contributed by atoms with Crippen LogP contribution in [0.1, 0.15) is 32.1 Å². The first kappa shape index (κ1) is 10.2. The minimum Gasteiger partial charge on any atom is -0.327 e. The smallest absolute Gasteiger partial charge is 0.0101 e. The molecule has 0 spiro atoms. The lowest BCUT2D eigenvalue weighted by Gasteiger charge is -2.71. The molecule has 5 atom stereocenters. The van der Waals surface area contributed by atoms with Crippen LogP contribution in [0.15, 0.2) is 0 Å². The molecule has 7 aliphatic rings. The predicted molar refractivity (Wildman–Crippen MR) is 66.2 cm³/mol. The van der Waals surface area contributed by atoms with Gasteiger partial charge >= 0.3 is 0 Å². The quantitative estimate of drug-likeness (QED) is 0.691. The molecule has 0 aromatic carbocycles. The van der Waals surface area contributed by atoms with Gasteiger partial charge in [-0.1, -0.05) is 0 Å².